The standard InChI is InChI=1S/C18H18O5/c1-21-18-16-13(9-19)7-8-14(16)15(11-23-18)17(20)22-10-12-5-3-2-4-6-12/h2-7,9,11,14,16,18H,8,10H2,1H3. The van der Waals surface area contributed by atoms with Gasteiger partial charge in [0.2, 0.25) is 6.29 Å². The minimum Gasteiger partial charge on any atom is -0.471 e. The maximum Gasteiger partial charge on any atom is 0.337 e. The number of allylic oxidation sites excluding steroid dienone is 1. The average molecular weight is 314 g/mol. The van der Waals surface area contributed by atoms with E-state index in [2.05, 4.69) is 0 Å². The maximum absolute atomic E-state index is 12.4. The molecule has 0 N–H and O–H groups in total. The molecule has 1 aromatic carbocycles. The summed E-state index contributed by atoms with van der Waals surface area (Å²) in [5.74, 6) is -0.821. The molecule has 23 heavy (non-hydrogen) atoms. The molecule has 1 aliphatic carbocycles. The van der Waals surface area contributed by atoms with Crippen LogP contribution in [0, 0.1) is 11.8 Å². The van der Waals surface area contributed by atoms with Crippen molar-refractivity contribution in [2.45, 2.75) is 19.3 Å². The zero-order chi connectivity index (χ0) is 16.2. The minimum atomic E-state index is -0.551. The van der Waals surface area contributed by atoms with E-state index in [1.54, 1.807) is 0 Å². The Hall–Kier alpha value is -2.40. The molecule has 0 bridgehead atoms. The summed E-state index contributed by atoms with van der Waals surface area (Å²) in [7, 11) is 1.52. The SMILES string of the molecule is COC1OC=C(C(=O)OCc2ccccc2)C2CC=C(C=O)C12. The zero-order valence-corrected chi connectivity index (χ0v) is 12.8. The maximum atomic E-state index is 12.4. The van der Waals surface area contributed by atoms with Gasteiger partial charge < -0.3 is 14.2 Å². The van der Waals surface area contributed by atoms with E-state index in [9.17, 15) is 9.59 Å². The number of fused-ring (bicyclic) bond motifs is 1. The summed E-state index contributed by atoms with van der Waals surface area (Å²) in [6.45, 7) is 0.204. The molecule has 1 heterocycles. The van der Waals surface area contributed by atoms with Crippen LogP contribution in [0.2, 0.25) is 0 Å². The van der Waals surface area contributed by atoms with Crippen LogP contribution < -0.4 is 0 Å². The van der Waals surface area contributed by atoms with Gasteiger partial charge >= 0.3 is 5.97 Å². The third-order valence-electron chi connectivity index (χ3n) is 4.26. The van der Waals surface area contributed by atoms with E-state index in [-0.39, 0.29) is 18.4 Å². The van der Waals surface area contributed by atoms with Crippen LogP contribution in [0.25, 0.3) is 0 Å². The molecule has 0 amide bonds. The second kappa shape index (κ2) is 6.79. The summed E-state index contributed by atoms with van der Waals surface area (Å²) in [6.07, 6.45) is 4.10. The third kappa shape index (κ3) is 3.05. The van der Waals surface area contributed by atoms with Crippen molar-refractivity contribution >= 4 is 12.3 Å². The van der Waals surface area contributed by atoms with Gasteiger partial charge in [0.15, 0.2) is 0 Å². The predicted octanol–water partition coefficient (Wildman–Crippen LogP) is 2.38. The minimum absolute atomic E-state index is 0.142. The summed E-state index contributed by atoms with van der Waals surface area (Å²) in [4.78, 5) is 23.6. The highest BCUT2D eigenvalue weighted by atomic mass is 16.7. The largest absolute Gasteiger partial charge is 0.471 e. The van der Waals surface area contributed by atoms with E-state index in [4.69, 9.17) is 14.2 Å². The Morgan fingerprint density at radius 1 is 1.35 bits per heavy atom. The summed E-state index contributed by atoms with van der Waals surface area (Å²) < 4.78 is 16.1. The fourth-order valence-electron chi connectivity index (χ4n) is 3.09. The lowest BCUT2D eigenvalue weighted by atomic mass is 9.84. The van der Waals surface area contributed by atoms with Gasteiger partial charge in [-0.25, -0.2) is 4.79 Å². The molecule has 0 saturated heterocycles. The average Bonchev–Trinajstić information content (AvgIpc) is 3.04. The normalized spacial score (nSPS) is 25.7. The molecule has 5 heteroatoms. The molecular formula is C18H18O5. The highest BCUT2D eigenvalue weighted by molar-refractivity contribution is 5.90. The Balaban J connectivity index is 1.71. The number of methoxy groups -OCH3 is 1. The number of esters is 1. The Morgan fingerprint density at radius 2 is 2.13 bits per heavy atom. The number of hydrogen-bond acceptors (Lipinski definition) is 5. The van der Waals surface area contributed by atoms with Gasteiger partial charge in [-0.3, -0.25) is 4.79 Å². The van der Waals surface area contributed by atoms with Crippen LogP contribution in [0.5, 0.6) is 0 Å². The van der Waals surface area contributed by atoms with Crippen molar-refractivity contribution in [3.8, 4) is 0 Å². The quantitative estimate of drug-likeness (QED) is 0.617. The predicted molar refractivity (Wildman–Crippen MR) is 81.9 cm³/mol. The van der Waals surface area contributed by atoms with Crippen molar-refractivity contribution in [1.82, 2.24) is 0 Å². The molecule has 0 aromatic heterocycles. The van der Waals surface area contributed by atoms with Gasteiger partial charge in [-0.15, -0.1) is 0 Å². The smallest absolute Gasteiger partial charge is 0.337 e. The first kappa shape index (κ1) is 15.5. The van der Waals surface area contributed by atoms with Gasteiger partial charge in [-0.05, 0) is 17.6 Å². The van der Waals surface area contributed by atoms with E-state index in [0.717, 1.165) is 11.8 Å². The van der Waals surface area contributed by atoms with Gasteiger partial charge in [0, 0.05) is 13.0 Å². The summed E-state index contributed by atoms with van der Waals surface area (Å²) in [5.41, 5.74) is 1.98. The second-order valence-corrected chi connectivity index (χ2v) is 5.57. The number of aldehydes is 1. The highest BCUT2D eigenvalue weighted by Crippen LogP contribution is 2.42. The van der Waals surface area contributed by atoms with E-state index in [0.29, 0.717) is 17.6 Å². The number of carbonyl (C=O) groups excluding carboxylic acids is 2. The molecule has 0 saturated carbocycles. The van der Waals surface area contributed by atoms with Crippen LogP contribution in [0.3, 0.4) is 0 Å². The summed E-state index contributed by atoms with van der Waals surface area (Å²) in [6, 6.07) is 9.48. The van der Waals surface area contributed by atoms with Crippen molar-refractivity contribution in [1.29, 1.82) is 0 Å². The Kier molecular flexibility index (Phi) is 4.57. The van der Waals surface area contributed by atoms with Crippen LogP contribution in [0.4, 0.5) is 0 Å². The first-order chi connectivity index (χ1) is 11.2. The molecule has 3 atom stereocenters. The first-order valence-electron chi connectivity index (χ1n) is 7.49. The van der Waals surface area contributed by atoms with Crippen LogP contribution in [0.15, 0.2) is 53.8 Å². The Bertz CT molecular complexity index is 647. The number of benzene rings is 1. The number of ether oxygens (including phenoxy) is 3. The van der Waals surface area contributed by atoms with Crippen molar-refractivity contribution in [2.75, 3.05) is 7.11 Å². The fraction of sp³-hybridized carbons (Fsp3) is 0.333. The molecule has 0 fully saturated rings. The molecule has 3 unspecified atom stereocenters. The van der Waals surface area contributed by atoms with Gasteiger partial charge in [0.05, 0.1) is 17.8 Å². The summed E-state index contributed by atoms with van der Waals surface area (Å²) in [5, 5.41) is 0. The number of rotatable bonds is 5. The molecule has 120 valence electrons. The molecule has 0 spiro atoms. The molecule has 1 aliphatic heterocycles. The lowest BCUT2D eigenvalue weighted by molar-refractivity contribution is -0.149. The number of hydrogen-bond donors (Lipinski definition) is 0. The molecule has 3 rings (SSSR count). The third-order valence-corrected chi connectivity index (χ3v) is 4.26. The monoisotopic (exact) mass is 314 g/mol. The van der Waals surface area contributed by atoms with Gasteiger partial charge in [0.25, 0.3) is 0 Å². The molecule has 2 aliphatic rings. The zero-order valence-electron chi connectivity index (χ0n) is 12.8. The van der Waals surface area contributed by atoms with Crippen LogP contribution in [-0.2, 0) is 30.4 Å². The van der Waals surface area contributed by atoms with E-state index >= 15 is 0 Å². The van der Waals surface area contributed by atoms with Gasteiger partial charge in [-0.2, -0.15) is 0 Å². The van der Waals surface area contributed by atoms with E-state index < -0.39 is 12.3 Å². The van der Waals surface area contributed by atoms with Crippen LogP contribution in [-0.4, -0.2) is 25.7 Å². The number of carbonyl (C=O) groups is 2. The summed E-state index contributed by atoms with van der Waals surface area (Å²) >= 11 is 0. The lowest BCUT2D eigenvalue weighted by Gasteiger charge is -2.33. The molecule has 5 nitrogen and oxygen atoms in total. The van der Waals surface area contributed by atoms with Crippen LogP contribution in [0.1, 0.15) is 12.0 Å². The van der Waals surface area contributed by atoms with Gasteiger partial charge in [-0.1, -0.05) is 36.4 Å². The second-order valence-electron chi connectivity index (χ2n) is 5.57. The fourth-order valence-corrected chi connectivity index (χ4v) is 3.09. The van der Waals surface area contributed by atoms with Gasteiger partial charge in [0.1, 0.15) is 12.9 Å². The van der Waals surface area contributed by atoms with Crippen molar-refractivity contribution in [3.05, 3.63) is 59.4 Å². The Labute approximate surface area is 134 Å². The van der Waals surface area contributed by atoms with Crippen molar-refractivity contribution in [2.24, 2.45) is 11.8 Å². The first-order valence-corrected chi connectivity index (χ1v) is 7.49. The highest BCUT2D eigenvalue weighted by Gasteiger charge is 2.44. The van der Waals surface area contributed by atoms with E-state index in [1.807, 2.05) is 36.4 Å². The topological polar surface area (TPSA) is 61.8 Å². The Morgan fingerprint density at radius 3 is 2.83 bits per heavy atom. The van der Waals surface area contributed by atoms with Crippen molar-refractivity contribution < 1.29 is 23.8 Å². The van der Waals surface area contributed by atoms with Crippen molar-refractivity contribution in [3.63, 3.8) is 0 Å². The van der Waals surface area contributed by atoms with E-state index in [1.165, 1.54) is 13.4 Å². The lowest BCUT2D eigenvalue weighted by Crippen LogP contribution is -2.36. The van der Waals surface area contributed by atoms with Crippen LogP contribution >= 0.6 is 0 Å². The molecule has 0 radical (unpaired) electrons. The molecule has 1 aromatic rings. The molecular weight excluding hydrogens is 296 g/mol.